The van der Waals surface area contributed by atoms with Crippen molar-refractivity contribution in [3.8, 4) is 0 Å². The molecule has 7 nitrogen and oxygen atoms in total. The fraction of sp³-hybridized carbons (Fsp3) is 0.621. The number of aromatic nitrogens is 2. The molecule has 3 heterocycles. The van der Waals surface area contributed by atoms with Crippen molar-refractivity contribution in [2.75, 3.05) is 57.4 Å². The molecule has 0 saturated carbocycles. The summed E-state index contributed by atoms with van der Waals surface area (Å²) >= 11 is 6.21. The summed E-state index contributed by atoms with van der Waals surface area (Å²) in [4.78, 5) is 30.2. The number of anilines is 1. The van der Waals surface area contributed by atoms with E-state index in [4.69, 9.17) is 16.3 Å². The highest BCUT2D eigenvalue weighted by atomic mass is 35.5. The third kappa shape index (κ3) is 5.94. The van der Waals surface area contributed by atoms with Crippen molar-refractivity contribution in [2.45, 2.75) is 63.8 Å². The Bertz CT molecular complexity index is 1050. The van der Waals surface area contributed by atoms with Gasteiger partial charge >= 0.3 is 0 Å². The maximum Gasteiger partial charge on any atom is 0.231 e. The summed E-state index contributed by atoms with van der Waals surface area (Å²) in [7, 11) is 0. The number of carbonyl (C=O) groups is 1. The summed E-state index contributed by atoms with van der Waals surface area (Å²) in [5, 5.41) is 0.699. The van der Waals surface area contributed by atoms with Gasteiger partial charge in [-0.2, -0.15) is 0 Å². The number of hydrogen-bond donors (Lipinski definition) is 0. The Balaban J connectivity index is 1.32. The van der Waals surface area contributed by atoms with Gasteiger partial charge in [-0.1, -0.05) is 37.6 Å². The van der Waals surface area contributed by atoms with Crippen LogP contribution in [0.15, 0.2) is 30.6 Å². The number of nitrogens with zero attached hydrogens (tertiary/aromatic N) is 5. The molecule has 200 valence electrons. The Morgan fingerprint density at radius 3 is 2.54 bits per heavy atom. The highest BCUT2D eigenvalue weighted by Gasteiger charge is 2.34. The lowest BCUT2D eigenvalue weighted by Gasteiger charge is -2.40. The van der Waals surface area contributed by atoms with E-state index < -0.39 is 0 Å². The molecule has 2 aromatic rings. The molecule has 8 heteroatoms. The topological polar surface area (TPSA) is 61.8 Å². The second-order valence-corrected chi connectivity index (χ2v) is 11.2. The minimum atomic E-state index is -0.207. The molecule has 2 aliphatic heterocycles. The van der Waals surface area contributed by atoms with E-state index in [2.05, 4.69) is 38.5 Å². The maximum atomic E-state index is 14.1. The summed E-state index contributed by atoms with van der Waals surface area (Å²) in [5.41, 5.74) is 3.56. The standard InChI is InChI=1S/C29H40ClN5O2/c1-3-12-35(24-10-17-37-18-11-24)19-25(22-5-7-23(30)8-6-22)29(36)34-15-13-33(14-16-34)28-27-21(2)4-9-26(27)31-20-32-28/h5-8,20-21,24-25H,3-4,9-19H2,1-2H3. The zero-order chi connectivity index (χ0) is 25.8. The van der Waals surface area contributed by atoms with Gasteiger partial charge in [0, 0.05) is 68.3 Å². The molecule has 0 bridgehead atoms. The van der Waals surface area contributed by atoms with Gasteiger partial charge in [-0.15, -0.1) is 0 Å². The minimum Gasteiger partial charge on any atom is -0.381 e. The molecule has 2 atom stereocenters. The minimum absolute atomic E-state index is 0.207. The Morgan fingerprint density at radius 1 is 1.11 bits per heavy atom. The molecule has 1 amide bonds. The van der Waals surface area contributed by atoms with Crippen molar-refractivity contribution in [1.82, 2.24) is 19.8 Å². The monoisotopic (exact) mass is 525 g/mol. The lowest BCUT2D eigenvalue weighted by atomic mass is 9.94. The van der Waals surface area contributed by atoms with Crippen molar-refractivity contribution in [3.05, 3.63) is 52.4 Å². The van der Waals surface area contributed by atoms with E-state index in [0.717, 1.165) is 82.9 Å². The largest absolute Gasteiger partial charge is 0.381 e. The molecule has 0 N–H and O–H groups in total. The Hall–Kier alpha value is -2.22. The summed E-state index contributed by atoms with van der Waals surface area (Å²) in [6.07, 6.45) is 7.01. The second kappa shape index (κ2) is 12.1. The fourth-order valence-electron chi connectivity index (χ4n) is 6.25. The number of piperazine rings is 1. The van der Waals surface area contributed by atoms with Crippen LogP contribution in [0.3, 0.4) is 0 Å². The molecule has 3 aliphatic rings. The van der Waals surface area contributed by atoms with Gasteiger partial charge in [-0.05, 0) is 62.3 Å². The first-order valence-corrected chi connectivity index (χ1v) is 14.4. The number of ether oxygens (including phenoxy) is 1. The SMILES string of the molecule is CCCN(CC(C(=O)N1CCN(c2ncnc3c2C(C)CC3)CC1)c1ccc(Cl)cc1)C1CCOCC1. The molecule has 1 aromatic heterocycles. The first-order chi connectivity index (χ1) is 18.0. The summed E-state index contributed by atoms with van der Waals surface area (Å²) in [6.45, 7) is 10.8. The van der Waals surface area contributed by atoms with Crippen LogP contribution in [0.4, 0.5) is 5.82 Å². The number of carbonyl (C=O) groups excluding carboxylic acids is 1. The summed E-state index contributed by atoms with van der Waals surface area (Å²) < 4.78 is 5.62. The summed E-state index contributed by atoms with van der Waals surface area (Å²) in [6, 6.07) is 8.34. The number of rotatable bonds is 8. The van der Waals surface area contributed by atoms with Crippen LogP contribution in [-0.2, 0) is 16.0 Å². The number of benzene rings is 1. The van der Waals surface area contributed by atoms with Gasteiger partial charge in [0.15, 0.2) is 0 Å². The molecule has 37 heavy (non-hydrogen) atoms. The molecule has 0 radical (unpaired) electrons. The van der Waals surface area contributed by atoms with Gasteiger partial charge in [0.1, 0.15) is 12.1 Å². The highest BCUT2D eigenvalue weighted by Crippen LogP contribution is 2.37. The van der Waals surface area contributed by atoms with Crippen LogP contribution in [0.1, 0.15) is 68.2 Å². The van der Waals surface area contributed by atoms with Crippen molar-refractivity contribution < 1.29 is 9.53 Å². The van der Waals surface area contributed by atoms with E-state index in [1.165, 1.54) is 11.3 Å². The molecule has 1 aromatic carbocycles. The van der Waals surface area contributed by atoms with Gasteiger partial charge in [-0.3, -0.25) is 9.69 Å². The molecule has 5 rings (SSSR count). The normalized spacial score (nSPS) is 21.4. The zero-order valence-corrected chi connectivity index (χ0v) is 23.0. The number of hydrogen-bond acceptors (Lipinski definition) is 6. The van der Waals surface area contributed by atoms with E-state index >= 15 is 0 Å². The van der Waals surface area contributed by atoms with E-state index in [9.17, 15) is 4.79 Å². The zero-order valence-electron chi connectivity index (χ0n) is 22.2. The van der Waals surface area contributed by atoms with Crippen LogP contribution in [0, 0.1) is 0 Å². The van der Waals surface area contributed by atoms with E-state index in [1.54, 1.807) is 6.33 Å². The molecule has 2 fully saturated rings. The van der Waals surface area contributed by atoms with Crippen LogP contribution in [0.5, 0.6) is 0 Å². The predicted octanol–water partition coefficient (Wildman–Crippen LogP) is 4.50. The molecular formula is C29H40ClN5O2. The van der Waals surface area contributed by atoms with Crippen molar-refractivity contribution >= 4 is 23.3 Å². The molecule has 1 aliphatic carbocycles. The lowest BCUT2D eigenvalue weighted by Crippen LogP contribution is -2.52. The Morgan fingerprint density at radius 2 is 1.84 bits per heavy atom. The van der Waals surface area contributed by atoms with Crippen molar-refractivity contribution in [1.29, 1.82) is 0 Å². The number of amides is 1. The number of fused-ring (bicyclic) bond motifs is 1. The first-order valence-electron chi connectivity index (χ1n) is 14.0. The Kier molecular flexibility index (Phi) is 8.63. The maximum absolute atomic E-state index is 14.1. The summed E-state index contributed by atoms with van der Waals surface area (Å²) in [5.74, 6) is 1.58. The number of aryl methyl sites for hydroxylation is 1. The fourth-order valence-corrected chi connectivity index (χ4v) is 6.38. The van der Waals surface area contributed by atoms with Gasteiger partial charge in [-0.25, -0.2) is 9.97 Å². The van der Waals surface area contributed by atoms with Gasteiger partial charge < -0.3 is 14.5 Å². The quantitative estimate of drug-likeness (QED) is 0.505. The molecule has 0 spiro atoms. The van der Waals surface area contributed by atoms with Crippen LogP contribution in [0.25, 0.3) is 0 Å². The molecular weight excluding hydrogens is 486 g/mol. The average molecular weight is 526 g/mol. The van der Waals surface area contributed by atoms with Gasteiger partial charge in [0.2, 0.25) is 5.91 Å². The van der Waals surface area contributed by atoms with Crippen molar-refractivity contribution in [3.63, 3.8) is 0 Å². The lowest BCUT2D eigenvalue weighted by molar-refractivity contribution is -0.134. The third-order valence-electron chi connectivity index (χ3n) is 8.35. The second-order valence-electron chi connectivity index (χ2n) is 10.8. The predicted molar refractivity (Wildman–Crippen MR) is 147 cm³/mol. The van der Waals surface area contributed by atoms with Gasteiger partial charge in [0.05, 0.1) is 5.92 Å². The van der Waals surface area contributed by atoms with Crippen LogP contribution >= 0.6 is 11.6 Å². The van der Waals surface area contributed by atoms with Crippen LogP contribution < -0.4 is 4.90 Å². The molecule has 2 unspecified atom stereocenters. The van der Waals surface area contributed by atoms with Crippen LogP contribution in [-0.4, -0.2) is 84.2 Å². The van der Waals surface area contributed by atoms with Gasteiger partial charge in [0.25, 0.3) is 0 Å². The highest BCUT2D eigenvalue weighted by molar-refractivity contribution is 6.30. The van der Waals surface area contributed by atoms with E-state index in [0.29, 0.717) is 30.1 Å². The average Bonchev–Trinajstić information content (AvgIpc) is 3.33. The first kappa shape index (κ1) is 26.4. The van der Waals surface area contributed by atoms with Crippen molar-refractivity contribution in [2.24, 2.45) is 0 Å². The molecule has 2 saturated heterocycles. The van der Waals surface area contributed by atoms with E-state index in [1.807, 2.05) is 24.3 Å². The van der Waals surface area contributed by atoms with E-state index in [-0.39, 0.29) is 11.8 Å². The smallest absolute Gasteiger partial charge is 0.231 e. The third-order valence-corrected chi connectivity index (χ3v) is 8.60. The Labute approximate surface area is 226 Å². The van der Waals surface area contributed by atoms with Crippen LogP contribution in [0.2, 0.25) is 5.02 Å². The number of halogens is 1.